The maximum Gasteiger partial charge on any atom is 0.320 e. The van der Waals surface area contributed by atoms with Crippen molar-refractivity contribution in [2.75, 3.05) is 0 Å². The van der Waals surface area contributed by atoms with Crippen LogP contribution in [0.15, 0.2) is 24.3 Å². The fourth-order valence-corrected chi connectivity index (χ4v) is 2.60. The quantitative estimate of drug-likeness (QED) is 0.860. The molecule has 1 aliphatic heterocycles. The van der Waals surface area contributed by atoms with Crippen molar-refractivity contribution in [3.8, 4) is 0 Å². The van der Waals surface area contributed by atoms with Crippen molar-refractivity contribution < 1.29 is 9.90 Å². The van der Waals surface area contributed by atoms with Gasteiger partial charge in [0, 0.05) is 6.04 Å². The second-order valence-electron chi connectivity index (χ2n) is 5.03. The molecule has 1 saturated heterocycles. The van der Waals surface area contributed by atoms with Crippen LogP contribution < -0.4 is 5.32 Å². The smallest absolute Gasteiger partial charge is 0.320 e. The van der Waals surface area contributed by atoms with E-state index >= 15 is 0 Å². The van der Waals surface area contributed by atoms with E-state index < -0.39 is 5.97 Å². The Hall–Kier alpha value is -1.35. The molecule has 2 unspecified atom stereocenters. The Kier molecular flexibility index (Phi) is 4.37. The van der Waals surface area contributed by atoms with E-state index in [1.807, 2.05) is 0 Å². The van der Waals surface area contributed by atoms with E-state index in [1.54, 1.807) is 0 Å². The van der Waals surface area contributed by atoms with Crippen molar-refractivity contribution in [1.29, 1.82) is 0 Å². The Morgan fingerprint density at radius 1 is 1.33 bits per heavy atom. The second-order valence-corrected chi connectivity index (χ2v) is 5.03. The molecule has 2 N–H and O–H groups in total. The van der Waals surface area contributed by atoms with Gasteiger partial charge in [-0.15, -0.1) is 0 Å². The average Bonchev–Trinajstić information content (AvgIpc) is 2.40. The molecule has 2 atom stereocenters. The monoisotopic (exact) mass is 247 g/mol. The minimum absolute atomic E-state index is 0.190. The van der Waals surface area contributed by atoms with Crippen LogP contribution in [-0.2, 0) is 11.2 Å². The van der Waals surface area contributed by atoms with Crippen molar-refractivity contribution in [2.24, 2.45) is 0 Å². The maximum absolute atomic E-state index is 11.0. The van der Waals surface area contributed by atoms with Gasteiger partial charge in [-0.2, -0.15) is 0 Å². The predicted molar refractivity (Wildman–Crippen MR) is 71.6 cm³/mol. The number of carbonyl (C=O) groups is 1. The summed E-state index contributed by atoms with van der Waals surface area (Å²) in [5.41, 5.74) is 2.56. The second kappa shape index (κ2) is 6.01. The highest BCUT2D eigenvalue weighted by molar-refractivity contribution is 5.73. The molecule has 1 aromatic carbocycles. The van der Waals surface area contributed by atoms with E-state index in [0.717, 1.165) is 32.1 Å². The number of hydrogen-bond acceptors (Lipinski definition) is 2. The first-order chi connectivity index (χ1) is 8.70. The number of carboxylic acid groups (broad SMARTS) is 1. The lowest BCUT2D eigenvalue weighted by molar-refractivity contribution is -0.140. The van der Waals surface area contributed by atoms with Crippen LogP contribution in [0.5, 0.6) is 0 Å². The fourth-order valence-electron chi connectivity index (χ4n) is 2.60. The summed E-state index contributed by atoms with van der Waals surface area (Å²) in [4.78, 5) is 11.0. The molecule has 2 rings (SSSR count). The van der Waals surface area contributed by atoms with Gasteiger partial charge in [-0.1, -0.05) is 37.6 Å². The van der Waals surface area contributed by atoms with E-state index in [2.05, 4.69) is 36.5 Å². The summed E-state index contributed by atoms with van der Waals surface area (Å²) in [6.07, 6.45) is 5.00. The van der Waals surface area contributed by atoms with Crippen LogP contribution in [0.4, 0.5) is 0 Å². The van der Waals surface area contributed by atoms with Gasteiger partial charge in [0.2, 0.25) is 0 Å². The molecule has 0 saturated carbocycles. The fraction of sp³-hybridized carbons (Fsp3) is 0.533. The minimum Gasteiger partial charge on any atom is -0.480 e. The Morgan fingerprint density at radius 3 is 2.67 bits per heavy atom. The molecule has 98 valence electrons. The highest BCUT2D eigenvalue weighted by atomic mass is 16.4. The molecular weight excluding hydrogens is 226 g/mol. The SMILES string of the molecule is CCCc1ccc(C2CCCC(C(=O)O)N2)cc1. The van der Waals surface area contributed by atoms with Crippen LogP contribution in [0.1, 0.15) is 49.8 Å². The molecule has 0 bridgehead atoms. The van der Waals surface area contributed by atoms with Gasteiger partial charge in [0.05, 0.1) is 0 Å². The number of benzene rings is 1. The summed E-state index contributed by atoms with van der Waals surface area (Å²) in [6.45, 7) is 2.17. The lowest BCUT2D eigenvalue weighted by atomic mass is 9.93. The summed E-state index contributed by atoms with van der Waals surface area (Å²) in [5.74, 6) is -0.734. The Labute approximate surface area is 108 Å². The van der Waals surface area contributed by atoms with Crippen molar-refractivity contribution in [1.82, 2.24) is 5.32 Å². The van der Waals surface area contributed by atoms with Crippen molar-refractivity contribution in [3.63, 3.8) is 0 Å². The molecule has 1 fully saturated rings. The topological polar surface area (TPSA) is 49.3 Å². The summed E-state index contributed by atoms with van der Waals surface area (Å²) in [7, 11) is 0. The molecule has 1 heterocycles. The van der Waals surface area contributed by atoms with Crippen molar-refractivity contribution in [3.05, 3.63) is 35.4 Å². The van der Waals surface area contributed by atoms with Crippen LogP contribution in [-0.4, -0.2) is 17.1 Å². The molecule has 3 heteroatoms. The number of hydrogen-bond donors (Lipinski definition) is 2. The van der Waals surface area contributed by atoms with E-state index in [0.29, 0.717) is 0 Å². The zero-order chi connectivity index (χ0) is 13.0. The zero-order valence-electron chi connectivity index (χ0n) is 10.9. The van der Waals surface area contributed by atoms with Gasteiger partial charge < -0.3 is 5.11 Å². The van der Waals surface area contributed by atoms with Crippen molar-refractivity contribution >= 4 is 5.97 Å². The number of aryl methyl sites for hydroxylation is 1. The number of nitrogens with one attached hydrogen (secondary N) is 1. The maximum atomic E-state index is 11.0. The summed E-state index contributed by atoms with van der Waals surface area (Å²) in [5, 5.41) is 12.3. The van der Waals surface area contributed by atoms with Gasteiger partial charge >= 0.3 is 5.97 Å². The van der Waals surface area contributed by atoms with Gasteiger partial charge in [0.25, 0.3) is 0 Å². The Bertz CT molecular complexity index is 399. The van der Waals surface area contributed by atoms with Gasteiger partial charge in [0.15, 0.2) is 0 Å². The van der Waals surface area contributed by atoms with Gasteiger partial charge in [-0.25, -0.2) is 0 Å². The van der Waals surface area contributed by atoms with Crippen LogP contribution in [0.2, 0.25) is 0 Å². The molecule has 0 radical (unpaired) electrons. The minimum atomic E-state index is -0.734. The molecule has 1 aliphatic rings. The average molecular weight is 247 g/mol. The molecule has 18 heavy (non-hydrogen) atoms. The predicted octanol–water partition coefficient (Wildman–Crippen LogP) is 2.91. The Morgan fingerprint density at radius 2 is 2.06 bits per heavy atom. The first-order valence-electron chi connectivity index (χ1n) is 6.78. The van der Waals surface area contributed by atoms with Crippen LogP contribution in [0, 0.1) is 0 Å². The van der Waals surface area contributed by atoms with E-state index in [9.17, 15) is 4.79 Å². The Balaban J connectivity index is 2.04. The van der Waals surface area contributed by atoms with E-state index in [4.69, 9.17) is 5.11 Å². The number of rotatable bonds is 4. The lowest BCUT2D eigenvalue weighted by Crippen LogP contribution is -2.42. The highest BCUT2D eigenvalue weighted by Crippen LogP contribution is 2.26. The van der Waals surface area contributed by atoms with Gasteiger partial charge in [0.1, 0.15) is 6.04 Å². The van der Waals surface area contributed by atoms with E-state index in [-0.39, 0.29) is 12.1 Å². The normalized spacial score (nSPS) is 23.8. The van der Waals surface area contributed by atoms with Crippen LogP contribution >= 0.6 is 0 Å². The standard InChI is InChI=1S/C15H21NO2/c1-2-4-11-7-9-12(10-8-11)13-5-3-6-14(16-13)15(17)18/h7-10,13-14,16H,2-6H2,1H3,(H,17,18). The number of piperidine rings is 1. The molecule has 0 amide bonds. The molecule has 3 nitrogen and oxygen atoms in total. The number of carboxylic acids is 1. The molecule has 0 aliphatic carbocycles. The third kappa shape index (κ3) is 3.10. The van der Waals surface area contributed by atoms with Gasteiger partial charge in [-0.05, 0) is 36.8 Å². The summed E-state index contributed by atoms with van der Waals surface area (Å²) < 4.78 is 0. The van der Waals surface area contributed by atoms with Crippen molar-refractivity contribution in [2.45, 2.75) is 51.1 Å². The molecular formula is C15H21NO2. The van der Waals surface area contributed by atoms with Crippen LogP contribution in [0.25, 0.3) is 0 Å². The van der Waals surface area contributed by atoms with E-state index in [1.165, 1.54) is 11.1 Å². The third-order valence-electron chi connectivity index (χ3n) is 3.61. The third-order valence-corrected chi connectivity index (χ3v) is 3.61. The summed E-state index contributed by atoms with van der Waals surface area (Å²) >= 11 is 0. The number of aliphatic carboxylic acids is 1. The van der Waals surface area contributed by atoms with Gasteiger partial charge in [-0.3, -0.25) is 10.1 Å². The molecule has 0 spiro atoms. The first-order valence-corrected chi connectivity index (χ1v) is 6.78. The first kappa shape index (κ1) is 13.1. The molecule has 0 aromatic heterocycles. The highest BCUT2D eigenvalue weighted by Gasteiger charge is 2.26. The lowest BCUT2D eigenvalue weighted by Gasteiger charge is -2.29. The largest absolute Gasteiger partial charge is 0.480 e. The summed E-state index contributed by atoms with van der Waals surface area (Å²) in [6, 6.07) is 8.38. The zero-order valence-corrected chi connectivity index (χ0v) is 10.9. The van der Waals surface area contributed by atoms with Crippen LogP contribution in [0.3, 0.4) is 0 Å². The molecule has 1 aromatic rings.